The number of nitrogens with one attached hydrogen (secondary N) is 2. The van der Waals surface area contributed by atoms with E-state index in [4.69, 9.17) is 16.3 Å². The van der Waals surface area contributed by atoms with Crippen LogP contribution in [-0.4, -0.2) is 68.6 Å². The van der Waals surface area contributed by atoms with Crippen molar-refractivity contribution in [2.45, 2.75) is 19.9 Å². The van der Waals surface area contributed by atoms with E-state index in [1.807, 2.05) is 11.9 Å². The van der Waals surface area contributed by atoms with Gasteiger partial charge >= 0.3 is 0 Å². The molecule has 2 aromatic rings. The quantitative estimate of drug-likeness (QED) is 0.561. The van der Waals surface area contributed by atoms with Crippen LogP contribution in [0, 0.1) is 5.92 Å². The number of benzene rings is 1. The number of anilines is 2. The second-order valence-electron chi connectivity index (χ2n) is 8.30. The van der Waals surface area contributed by atoms with Gasteiger partial charge in [0, 0.05) is 31.0 Å². The number of hydrogen-bond donors (Lipinski definition) is 2. The normalized spacial score (nSPS) is 15.1. The smallest absolute Gasteiger partial charge is 0.261 e. The first-order valence-electron chi connectivity index (χ1n) is 10.8. The highest BCUT2D eigenvalue weighted by Gasteiger charge is 2.25. The summed E-state index contributed by atoms with van der Waals surface area (Å²) >= 11 is 7.12. The van der Waals surface area contributed by atoms with Gasteiger partial charge in [0.2, 0.25) is 5.91 Å². The van der Waals surface area contributed by atoms with Crippen molar-refractivity contribution in [3.8, 4) is 0 Å². The first kappa shape index (κ1) is 25.2. The van der Waals surface area contributed by atoms with Crippen LogP contribution < -0.4 is 15.5 Å². The molecular formula is C23H29ClN4O4S. The zero-order valence-corrected chi connectivity index (χ0v) is 20.5. The summed E-state index contributed by atoms with van der Waals surface area (Å²) in [5.74, 6) is -0.223. The lowest BCUT2D eigenvalue weighted by Gasteiger charge is -2.29. The number of morpholine rings is 1. The molecule has 1 aromatic heterocycles. The molecule has 1 atom stereocenters. The highest BCUT2D eigenvalue weighted by molar-refractivity contribution is 7.18. The van der Waals surface area contributed by atoms with Gasteiger partial charge in [0.1, 0.15) is 12.6 Å². The van der Waals surface area contributed by atoms with E-state index in [1.54, 1.807) is 41.3 Å². The number of carbonyl (C=O) groups excluding carboxylic acids is 3. The summed E-state index contributed by atoms with van der Waals surface area (Å²) in [6.45, 7) is 6.07. The molecule has 2 heterocycles. The summed E-state index contributed by atoms with van der Waals surface area (Å²) in [6, 6.07) is 9.90. The summed E-state index contributed by atoms with van der Waals surface area (Å²) < 4.78 is 5.70. The molecule has 10 heteroatoms. The predicted octanol–water partition coefficient (Wildman–Crippen LogP) is 3.09. The fourth-order valence-electron chi connectivity index (χ4n) is 3.61. The molecule has 1 aliphatic rings. The third-order valence-electron chi connectivity index (χ3n) is 5.17. The van der Waals surface area contributed by atoms with E-state index in [0.29, 0.717) is 40.5 Å². The molecule has 2 N–H and O–H groups in total. The summed E-state index contributed by atoms with van der Waals surface area (Å²) in [5, 5.41) is 5.77. The molecule has 1 aromatic carbocycles. The lowest BCUT2D eigenvalue weighted by Crippen LogP contribution is -2.50. The molecule has 33 heavy (non-hydrogen) atoms. The Bertz CT molecular complexity index is 979. The van der Waals surface area contributed by atoms with Gasteiger partial charge in [-0.25, -0.2) is 0 Å². The number of carbonyl (C=O) groups is 3. The predicted molar refractivity (Wildman–Crippen MR) is 131 cm³/mol. The molecular weight excluding hydrogens is 464 g/mol. The molecule has 0 unspecified atom stereocenters. The first-order valence-corrected chi connectivity index (χ1v) is 12.0. The average molecular weight is 493 g/mol. The number of ether oxygens (including phenoxy) is 1. The largest absolute Gasteiger partial charge is 0.370 e. The van der Waals surface area contributed by atoms with Crippen LogP contribution in [0.3, 0.4) is 0 Å². The van der Waals surface area contributed by atoms with E-state index >= 15 is 0 Å². The minimum atomic E-state index is -0.563. The molecule has 3 amide bonds. The minimum Gasteiger partial charge on any atom is -0.370 e. The van der Waals surface area contributed by atoms with Crippen LogP contribution in [0.5, 0.6) is 0 Å². The van der Waals surface area contributed by atoms with Crippen LogP contribution >= 0.6 is 22.9 Å². The van der Waals surface area contributed by atoms with Gasteiger partial charge in [-0.2, -0.15) is 0 Å². The van der Waals surface area contributed by atoms with Crippen molar-refractivity contribution in [2.75, 3.05) is 50.1 Å². The monoisotopic (exact) mass is 492 g/mol. The van der Waals surface area contributed by atoms with Crippen LogP contribution in [-0.2, 0) is 14.3 Å². The molecule has 0 spiro atoms. The van der Waals surface area contributed by atoms with Crippen LogP contribution in [0.4, 0.5) is 11.4 Å². The first-order chi connectivity index (χ1) is 15.7. The number of likely N-dealkylation sites (N-methyl/N-ethyl adjacent to an activating group) is 1. The summed E-state index contributed by atoms with van der Waals surface area (Å²) in [7, 11) is 1.87. The summed E-state index contributed by atoms with van der Waals surface area (Å²) in [5.41, 5.74) is 1.38. The molecule has 8 nitrogen and oxygen atoms in total. The molecule has 1 aliphatic heterocycles. The lowest BCUT2D eigenvalue weighted by atomic mass is 10.1. The van der Waals surface area contributed by atoms with Crippen LogP contribution in [0.15, 0.2) is 36.4 Å². The third kappa shape index (κ3) is 7.01. The average Bonchev–Trinajstić information content (AvgIpc) is 3.21. The van der Waals surface area contributed by atoms with Crippen molar-refractivity contribution < 1.29 is 19.1 Å². The maximum absolute atomic E-state index is 13.1. The van der Waals surface area contributed by atoms with Crippen molar-refractivity contribution in [1.82, 2.24) is 10.2 Å². The van der Waals surface area contributed by atoms with E-state index < -0.39 is 6.04 Å². The van der Waals surface area contributed by atoms with Crippen molar-refractivity contribution in [2.24, 2.45) is 5.92 Å². The van der Waals surface area contributed by atoms with E-state index in [1.165, 1.54) is 11.3 Å². The highest BCUT2D eigenvalue weighted by atomic mass is 35.5. The molecule has 0 radical (unpaired) electrons. The Morgan fingerprint density at radius 3 is 2.55 bits per heavy atom. The number of rotatable bonds is 9. The van der Waals surface area contributed by atoms with Crippen molar-refractivity contribution in [1.29, 1.82) is 0 Å². The van der Waals surface area contributed by atoms with Gasteiger partial charge in [-0.3, -0.25) is 19.3 Å². The van der Waals surface area contributed by atoms with Crippen molar-refractivity contribution in [3.63, 3.8) is 0 Å². The van der Waals surface area contributed by atoms with Crippen LogP contribution in [0.1, 0.15) is 23.5 Å². The van der Waals surface area contributed by atoms with E-state index in [9.17, 15) is 14.4 Å². The molecule has 1 saturated heterocycles. The van der Waals surface area contributed by atoms with Crippen LogP contribution in [0.25, 0.3) is 0 Å². The molecule has 0 saturated carbocycles. The molecule has 178 valence electrons. The number of hydrogen-bond acceptors (Lipinski definition) is 6. The van der Waals surface area contributed by atoms with Gasteiger partial charge in [0.15, 0.2) is 0 Å². The standard InChI is InChI=1S/C23H29ClN4O4S/c1-15(2)13-27(3)18(12-25-23(31)19-8-9-20(24)33-19)22(30)26-16-4-6-17(7-5-16)28-10-11-32-14-21(28)29/h4-9,15,18H,10-14H2,1-3H3,(H,25,31)(H,26,30)/t18-/m0/s1. The van der Waals surface area contributed by atoms with Crippen molar-refractivity contribution >= 4 is 52.0 Å². The summed E-state index contributed by atoms with van der Waals surface area (Å²) in [6.07, 6.45) is 0. The third-order valence-corrected chi connectivity index (χ3v) is 6.40. The zero-order valence-electron chi connectivity index (χ0n) is 19.0. The zero-order chi connectivity index (χ0) is 24.0. The minimum absolute atomic E-state index is 0.0751. The Morgan fingerprint density at radius 2 is 1.94 bits per heavy atom. The number of thiophene rings is 1. The van der Waals surface area contributed by atoms with Crippen LogP contribution in [0.2, 0.25) is 4.34 Å². The molecule has 0 bridgehead atoms. The Morgan fingerprint density at radius 1 is 1.21 bits per heavy atom. The topological polar surface area (TPSA) is 91.0 Å². The molecule has 1 fully saturated rings. The Balaban J connectivity index is 1.66. The molecule has 0 aliphatic carbocycles. The SMILES string of the molecule is CC(C)CN(C)[C@@H](CNC(=O)c1ccc(Cl)s1)C(=O)Nc1ccc(N2CCOCC2=O)cc1. The van der Waals surface area contributed by atoms with Gasteiger partial charge in [0.05, 0.1) is 15.8 Å². The fourth-order valence-corrected chi connectivity index (χ4v) is 4.57. The number of amides is 3. The van der Waals surface area contributed by atoms with Gasteiger partial charge < -0.3 is 20.3 Å². The maximum Gasteiger partial charge on any atom is 0.261 e. The number of nitrogens with zero attached hydrogens (tertiary/aromatic N) is 2. The second kappa shape index (κ2) is 11.6. The Kier molecular flexibility index (Phi) is 8.85. The highest BCUT2D eigenvalue weighted by Crippen LogP contribution is 2.22. The van der Waals surface area contributed by atoms with E-state index in [0.717, 1.165) is 5.69 Å². The van der Waals surface area contributed by atoms with Gasteiger partial charge in [-0.1, -0.05) is 25.4 Å². The van der Waals surface area contributed by atoms with Gasteiger partial charge in [-0.15, -0.1) is 11.3 Å². The second-order valence-corrected chi connectivity index (χ2v) is 10.0. The van der Waals surface area contributed by atoms with Crippen molar-refractivity contribution in [3.05, 3.63) is 45.6 Å². The van der Waals surface area contributed by atoms with Gasteiger partial charge in [-0.05, 0) is 49.4 Å². The number of halogens is 1. The molecule has 3 rings (SSSR count). The van der Waals surface area contributed by atoms with E-state index in [-0.39, 0.29) is 30.9 Å². The Hall–Kier alpha value is -2.46. The fraction of sp³-hybridized carbons (Fsp3) is 0.435. The Labute approximate surface area is 202 Å². The van der Waals surface area contributed by atoms with E-state index in [2.05, 4.69) is 24.5 Å². The lowest BCUT2D eigenvalue weighted by molar-refractivity contribution is -0.125. The van der Waals surface area contributed by atoms with Gasteiger partial charge in [0.25, 0.3) is 11.8 Å². The maximum atomic E-state index is 13.1. The summed E-state index contributed by atoms with van der Waals surface area (Å²) in [4.78, 5) is 41.7.